The van der Waals surface area contributed by atoms with Crippen LogP contribution in [-0.2, 0) is 0 Å². The van der Waals surface area contributed by atoms with Gasteiger partial charge < -0.3 is 9.64 Å². The van der Waals surface area contributed by atoms with Crippen molar-refractivity contribution in [1.29, 1.82) is 0 Å². The number of benzene rings is 1. The van der Waals surface area contributed by atoms with Crippen LogP contribution in [0.15, 0.2) is 54.9 Å². The molecule has 0 aliphatic carbocycles. The Morgan fingerprint density at radius 2 is 1.88 bits per heavy atom. The number of rotatable bonds is 4. The summed E-state index contributed by atoms with van der Waals surface area (Å²) in [4.78, 5) is 22.9. The lowest BCUT2D eigenvalue weighted by molar-refractivity contribution is 0.0736. The molecule has 3 aromatic rings. The number of hydrogen-bond acceptors (Lipinski definition) is 4. The molecule has 0 aliphatic heterocycles. The van der Waals surface area contributed by atoms with Crippen LogP contribution in [0, 0.1) is 0 Å². The van der Waals surface area contributed by atoms with Crippen LogP contribution >= 0.6 is 0 Å². The first kappa shape index (κ1) is 15.9. The molecule has 0 N–H and O–H groups in total. The second-order valence-electron chi connectivity index (χ2n) is 5.61. The molecule has 122 valence electrons. The average Bonchev–Trinajstić information content (AvgIpc) is 2.65. The smallest absolute Gasteiger partial charge is 0.272 e. The highest BCUT2D eigenvalue weighted by Gasteiger charge is 2.21. The van der Waals surface area contributed by atoms with Crippen molar-refractivity contribution in [2.45, 2.75) is 13.0 Å². The predicted molar refractivity (Wildman–Crippen MR) is 93.0 cm³/mol. The summed E-state index contributed by atoms with van der Waals surface area (Å²) in [5.41, 5.74) is 1.39. The summed E-state index contributed by atoms with van der Waals surface area (Å²) >= 11 is 0. The summed E-state index contributed by atoms with van der Waals surface area (Å²) in [5, 5.41) is 1.82. The van der Waals surface area contributed by atoms with Gasteiger partial charge in [0.15, 0.2) is 0 Å². The molecule has 0 spiro atoms. The summed E-state index contributed by atoms with van der Waals surface area (Å²) in [7, 11) is 3.34. The molecule has 0 saturated heterocycles. The molecule has 0 saturated carbocycles. The van der Waals surface area contributed by atoms with E-state index < -0.39 is 0 Å². The molecule has 5 heteroatoms. The van der Waals surface area contributed by atoms with Crippen molar-refractivity contribution < 1.29 is 9.53 Å². The van der Waals surface area contributed by atoms with Gasteiger partial charge in [-0.3, -0.25) is 9.78 Å². The first-order valence-electron chi connectivity index (χ1n) is 7.72. The van der Waals surface area contributed by atoms with Gasteiger partial charge in [0.05, 0.1) is 13.2 Å². The van der Waals surface area contributed by atoms with Crippen LogP contribution in [-0.4, -0.2) is 34.9 Å². The molecule has 1 amide bonds. The summed E-state index contributed by atoms with van der Waals surface area (Å²) in [6.45, 7) is 1.98. The third-order valence-corrected chi connectivity index (χ3v) is 4.21. The largest absolute Gasteiger partial charge is 0.481 e. The van der Waals surface area contributed by atoms with E-state index >= 15 is 0 Å². The van der Waals surface area contributed by atoms with Crippen molar-refractivity contribution in [3.63, 3.8) is 0 Å². The Morgan fingerprint density at radius 1 is 1.17 bits per heavy atom. The van der Waals surface area contributed by atoms with Gasteiger partial charge >= 0.3 is 0 Å². The van der Waals surface area contributed by atoms with Crippen LogP contribution in [0.4, 0.5) is 0 Å². The molecule has 0 fully saturated rings. The van der Waals surface area contributed by atoms with Gasteiger partial charge in [-0.2, -0.15) is 0 Å². The molecule has 2 heterocycles. The SMILES string of the molecule is COc1nc(C(=O)N(C)[C@@H](C)c2ccncc2)cc2ccccc12. The number of aromatic nitrogens is 2. The van der Waals surface area contributed by atoms with E-state index in [0.29, 0.717) is 11.6 Å². The number of carbonyl (C=O) groups excluding carboxylic acids is 1. The maximum atomic E-state index is 12.9. The van der Waals surface area contributed by atoms with Crippen molar-refractivity contribution in [1.82, 2.24) is 14.9 Å². The molecule has 0 radical (unpaired) electrons. The Morgan fingerprint density at radius 3 is 2.58 bits per heavy atom. The highest BCUT2D eigenvalue weighted by Crippen LogP contribution is 2.26. The second kappa shape index (κ2) is 6.66. The average molecular weight is 321 g/mol. The van der Waals surface area contributed by atoms with E-state index in [1.165, 1.54) is 0 Å². The topological polar surface area (TPSA) is 55.3 Å². The number of hydrogen-bond donors (Lipinski definition) is 0. The first-order valence-corrected chi connectivity index (χ1v) is 7.72. The lowest BCUT2D eigenvalue weighted by Gasteiger charge is -2.25. The van der Waals surface area contributed by atoms with Gasteiger partial charge in [0.1, 0.15) is 5.69 Å². The van der Waals surface area contributed by atoms with E-state index in [-0.39, 0.29) is 11.9 Å². The number of methoxy groups -OCH3 is 1. The van der Waals surface area contributed by atoms with Crippen LogP contribution in [0.3, 0.4) is 0 Å². The standard InChI is InChI=1S/C19H19N3O2/c1-13(14-8-10-20-11-9-14)22(2)19(23)17-12-15-6-4-5-7-16(15)18(21-17)24-3/h4-13H,1-3H3/t13-/m0/s1. The van der Waals surface area contributed by atoms with Crippen LogP contribution in [0.25, 0.3) is 10.8 Å². The fourth-order valence-electron chi connectivity index (χ4n) is 2.65. The van der Waals surface area contributed by atoms with Crippen molar-refractivity contribution >= 4 is 16.7 Å². The third-order valence-electron chi connectivity index (χ3n) is 4.21. The molecule has 0 bridgehead atoms. The van der Waals surface area contributed by atoms with E-state index in [1.54, 1.807) is 37.5 Å². The fraction of sp³-hybridized carbons (Fsp3) is 0.211. The van der Waals surface area contributed by atoms with Gasteiger partial charge in [-0.1, -0.05) is 18.2 Å². The van der Waals surface area contributed by atoms with E-state index in [0.717, 1.165) is 16.3 Å². The minimum Gasteiger partial charge on any atom is -0.481 e. The summed E-state index contributed by atoms with van der Waals surface area (Å²) in [6.07, 6.45) is 3.45. The van der Waals surface area contributed by atoms with Crippen LogP contribution < -0.4 is 4.74 Å². The number of ether oxygens (including phenoxy) is 1. The van der Waals surface area contributed by atoms with Crippen molar-refractivity contribution in [3.8, 4) is 5.88 Å². The summed E-state index contributed by atoms with van der Waals surface area (Å²) < 4.78 is 5.35. The number of pyridine rings is 2. The van der Waals surface area contributed by atoms with Crippen molar-refractivity contribution in [2.75, 3.05) is 14.2 Å². The molecule has 1 aromatic carbocycles. The van der Waals surface area contributed by atoms with Gasteiger partial charge in [-0.15, -0.1) is 0 Å². The number of carbonyl (C=O) groups is 1. The molecule has 0 aliphatic rings. The summed E-state index contributed by atoms with van der Waals surface area (Å²) in [5.74, 6) is 0.310. The molecular formula is C19H19N3O2. The number of nitrogens with zero attached hydrogens (tertiary/aromatic N) is 3. The van der Waals surface area contributed by atoms with E-state index in [9.17, 15) is 4.79 Å². The minimum absolute atomic E-state index is 0.0836. The maximum Gasteiger partial charge on any atom is 0.272 e. The quantitative estimate of drug-likeness (QED) is 0.738. The van der Waals surface area contributed by atoms with Gasteiger partial charge in [0, 0.05) is 24.8 Å². The number of fused-ring (bicyclic) bond motifs is 1. The van der Waals surface area contributed by atoms with Crippen molar-refractivity contribution in [3.05, 3.63) is 66.1 Å². The lowest BCUT2D eigenvalue weighted by atomic mass is 10.1. The van der Waals surface area contributed by atoms with E-state index in [4.69, 9.17) is 4.74 Å². The van der Waals surface area contributed by atoms with Gasteiger partial charge in [-0.05, 0) is 42.1 Å². The van der Waals surface area contributed by atoms with E-state index in [2.05, 4.69) is 9.97 Å². The Labute approximate surface area is 140 Å². The molecule has 0 unspecified atom stereocenters. The highest BCUT2D eigenvalue weighted by molar-refractivity contribution is 5.98. The van der Waals surface area contributed by atoms with Crippen LogP contribution in [0.1, 0.15) is 29.0 Å². The molecule has 2 aromatic heterocycles. The molecule has 5 nitrogen and oxygen atoms in total. The Balaban J connectivity index is 1.96. The Bertz CT molecular complexity index is 865. The number of amides is 1. The molecule has 3 rings (SSSR count). The van der Waals surface area contributed by atoms with Crippen LogP contribution in [0.5, 0.6) is 5.88 Å². The molecule has 1 atom stereocenters. The summed E-state index contributed by atoms with van der Waals surface area (Å²) in [6, 6.07) is 13.3. The monoisotopic (exact) mass is 321 g/mol. The van der Waals surface area contributed by atoms with Crippen molar-refractivity contribution in [2.24, 2.45) is 0 Å². The van der Waals surface area contributed by atoms with Gasteiger partial charge in [-0.25, -0.2) is 4.98 Å². The normalized spacial score (nSPS) is 12.0. The third kappa shape index (κ3) is 2.93. The zero-order valence-corrected chi connectivity index (χ0v) is 13.9. The zero-order chi connectivity index (χ0) is 17.1. The second-order valence-corrected chi connectivity index (χ2v) is 5.61. The fourth-order valence-corrected chi connectivity index (χ4v) is 2.65. The zero-order valence-electron chi connectivity index (χ0n) is 13.9. The highest BCUT2D eigenvalue weighted by atomic mass is 16.5. The molecular weight excluding hydrogens is 302 g/mol. The van der Waals surface area contributed by atoms with Crippen LogP contribution in [0.2, 0.25) is 0 Å². The van der Waals surface area contributed by atoms with Gasteiger partial charge in [0.25, 0.3) is 5.91 Å². The predicted octanol–water partition coefficient (Wildman–Crippen LogP) is 3.47. The Kier molecular flexibility index (Phi) is 4.42. The Hall–Kier alpha value is -2.95. The maximum absolute atomic E-state index is 12.9. The first-order chi connectivity index (χ1) is 11.6. The minimum atomic E-state index is -0.150. The lowest BCUT2D eigenvalue weighted by Crippen LogP contribution is -2.30. The van der Waals surface area contributed by atoms with E-state index in [1.807, 2.05) is 43.3 Å². The van der Waals surface area contributed by atoms with Gasteiger partial charge in [0.2, 0.25) is 5.88 Å². The molecule has 24 heavy (non-hydrogen) atoms.